The summed E-state index contributed by atoms with van der Waals surface area (Å²) in [4.78, 5) is 10.9. The Morgan fingerprint density at radius 1 is 1.00 bits per heavy atom. The number of carbonyl (C=O) groups is 1. The Kier molecular flexibility index (Phi) is 5.70. The Morgan fingerprint density at radius 2 is 1.59 bits per heavy atom. The fraction of sp³-hybridized carbons (Fsp3) is 0.346. The fourth-order valence-corrected chi connectivity index (χ4v) is 5.12. The molecule has 1 saturated carbocycles. The van der Waals surface area contributed by atoms with Crippen molar-refractivity contribution in [1.82, 2.24) is 0 Å². The lowest BCUT2D eigenvalue weighted by atomic mass is 9.56. The fourth-order valence-electron chi connectivity index (χ4n) is 5.12. The standard InChI is InChI=1S/C26H31NO2/c1-25(2)16-21(15-19-7-5-18(6-8-19)9-14-23(27)29)24(26(3,4)17-25)20-10-12-22(28)13-11-20/h5-15,24,28H,16-17H2,1-4H3,(H2,27,29). The van der Waals surface area contributed by atoms with E-state index in [1.54, 1.807) is 18.2 Å². The molecule has 3 N–H and O–H groups in total. The Hall–Kier alpha value is -2.81. The highest BCUT2D eigenvalue weighted by atomic mass is 16.3. The van der Waals surface area contributed by atoms with Gasteiger partial charge in [-0.3, -0.25) is 4.79 Å². The first-order valence-corrected chi connectivity index (χ1v) is 10.1. The molecule has 0 spiro atoms. The zero-order valence-electron chi connectivity index (χ0n) is 17.8. The lowest BCUT2D eigenvalue weighted by Crippen LogP contribution is -2.36. The lowest BCUT2D eigenvalue weighted by molar-refractivity contribution is -0.113. The second kappa shape index (κ2) is 7.90. The van der Waals surface area contributed by atoms with Gasteiger partial charge >= 0.3 is 0 Å². The molecule has 3 heteroatoms. The third kappa shape index (κ3) is 5.17. The van der Waals surface area contributed by atoms with Gasteiger partial charge < -0.3 is 10.8 Å². The summed E-state index contributed by atoms with van der Waals surface area (Å²) in [5, 5.41) is 9.72. The highest BCUT2D eigenvalue weighted by Gasteiger charge is 2.43. The van der Waals surface area contributed by atoms with E-state index < -0.39 is 5.91 Å². The van der Waals surface area contributed by atoms with E-state index >= 15 is 0 Å². The summed E-state index contributed by atoms with van der Waals surface area (Å²) in [6.45, 7) is 9.37. The molecule has 152 valence electrons. The van der Waals surface area contributed by atoms with Crippen LogP contribution in [-0.4, -0.2) is 11.0 Å². The van der Waals surface area contributed by atoms with Gasteiger partial charge in [0.05, 0.1) is 0 Å². The largest absolute Gasteiger partial charge is 0.508 e. The maximum atomic E-state index is 10.9. The van der Waals surface area contributed by atoms with E-state index in [4.69, 9.17) is 5.73 Å². The molecule has 1 aliphatic carbocycles. The molecule has 0 heterocycles. The molecule has 29 heavy (non-hydrogen) atoms. The minimum Gasteiger partial charge on any atom is -0.508 e. The maximum absolute atomic E-state index is 10.9. The molecule has 2 aromatic rings. The molecule has 0 bridgehead atoms. The number of amides is 1. The van der Waals surface area contributed by atoms with Gasteiger partial charge in [0, 0.05) is 12.0 Å². The second-order valence-corrected chi connectivity index (χ2v) is 9.65. The summed E-state index contributed by atoms with van der Waals surface area (Å²) in [6, 6.07) is 15.8. The smallest absolute Gasteiger partial charge is 0.241 e. The molecule has 0 radical (unpaired) electrons. The van der Waals surface area contributed by atoms with Crippen LogP contribution in [0.25, 0.3) is 12.2 Å². The average molecular weight is 390 g/mol. The van der Waals surface area contributed by atoms with Crippen molar-refractivity contribution in [2.45, 2.75) is 46.5 Å². The summed E-state index contributed by atoms with van der Waals surface area (Å²) < 4.78 is 0. The van der Waals surface area contributed by atoms with Crippen molar-refractivity contribution in [1.29, 1.82) is 0 Å². The van der Waals surface area contributed by atoms with Crippen molar-refractivity contribution < 1.29 is 9.90 Å². The van der Waals surface area contributed by atoms with Crippen molar-refractivity contribution in [3.8, 4) is 5.75 Å². The van der Waals surface area contributed by atoms with E-state index in [2.05, 4.69) is 45.9 Å². The van der Waals surface area contributed by atoms with Crippen LogP contribution in [0.2, 0.25) is 0 Å². The average Bonchev–Trinajstić information content (AvgIpc) is 2.60. The first-order chi connectivity index (χ1) is 13.6. The third-order valence-electron chi connectivity index (χ3n) is 5.72. The van der Waals surface area contributed by atoms with Crippen molar-refractivity contribution in [3.63, 3.8) is 0 Å². The van der Waals surface area contributed by atoms with Crippen LogP contribution >= 0.6 is 0 Å². The highest BCUT2D eigenvalue weighted by Crippen LogP contribution is 2.56. The van der Waals surface area contributed by atoms with E-state index in [0.717, 1.165) is 24.0 Å². The molecule has 3 rings (SSSR count). The molecule has 0 saturated heterocycles. The van der Waals surface area contributed by atoms with Crippen molar-refractivity contribution in [2.75, 3.05) is 0 Å². The minimum absolute atomic E-state index is 0.106. The third-order valence-corrected chi connectivity index (χ3v) is 5.72. The summed E-state index contributed by atoms with van der Waals surface area (Å²) in [6.07, 6.45) is 7.58. The first-order valence-electron chi connectivity index (χ1n) is 10.1. The van der Waals surface area contributed by atoms with Crippen LogP contribution in [0.3, 0.4) is 0 Å². The number of allylic oxidation sites excluding steroid dienone is 1. The number of nitrogens with two attached hydrogens (primary N) is 1. The van der Waals surface area contributed by atoms with Crippen LogP contribution in [-0.2, 0) is 4.79 Å². The number of primary amides is 1. The minimum atomic E-state index is -0.445. The zero-order valence-corrected chi connectivity index (χ0v) is 17.8. The summed E-state index contributed by atoms with van der Waals surface area (Å²) >= 11 is 0. The van der Waals surface area contributed by atoms with Gasteiger partial charge in [-0.2, -0.15) is 0 Å². The predicted molar refractivity (Wildman–Crippen MR) is 120 cm³/mol. The Balaban J connectivity index is 2.00. The molecule has 0 aromatic heterocycles. The quantitative estimate of drug-likeness (QED) is 0.639. The molecule has 3 nitrogen and oxygen atoms in total. The molecule has 1 aliphatic rings. The van der Waals surface area contributed by atoms with Gasteiger partial charge in [-0.05, 0) is 58.6 Å². The Morgan fingerprint density at radius 3 is 2.17 bits per heavy atom. The molecule has 1 fully saturated rings. The highest BCUT2D eigenvalue weighted by molar-refractivity contribution is 5.90. The van der Waals surface area contributed by atoms with E-state index in [1.807, 2.05) is 24.3 Å². The number of rotatable bonds is 4. The first kappa shape index (κ1) is 20.9. The zero-order chi connectivity index (χ0) is 21.2. The van der Waals surface area contributed by atoms with E-state index in [1.165, 1.54) is 17.2 Å². The van der Waals surface area contributed by atoms with Crippen LogP contribution in [0.4, 0.5) is 0 Å². The SMILES string of the molecule is CC1(C)CC(=Cc2ccc(C=CC(N)=O)cc2)C(c2ccc(O)cc2)C(C)(C)C1. The maximum Gasteiger partial charge on any atom is 0.241 e. The van der Waals surface area contributed by atoms with Crippen molar-refractivity contribution in [3.05, 3.63) is 76.9 Å². The van der Waals surface area contributed by atoms with E-state index in [0.29, 0.717) is 11.7 Å². The monoisotopic (exact) mass is 389 g/mol. The van der Waals surface area contributed by atoms with Crippen molar-refractivity contribution >= 4 is 18.1 Å². The van der Waals surface area contributed by atoms with Gasteiger partial charge in [-0.15, -0.1) is 0 Å². The normalized spacial score (nSPS) is 22.1. The van der Waals surface area contributed by atoms with Gasteiger partial charge in [-0.25, -0.2) is 0 Å². The number of phenolic OH excluding ortho intramolecular Hbond substituents is 1. The van der Waals surface area contributed by atoms with Gasteiger partial charge in [0.2, 0.25) is 5.91 Å². The Bertz CT molecular complexity index is 932. The van der Waals surface area contributed by atoms with E-state index in [-0.39, 0.29) is 10.8 Å². The lowest BCUT2D eigenvalue weighted by Gasteiger charge is -2.48. The van der Waals surface area contributed by atoms with Crippen LogP contribution in [0.15, 0.2) is 60.2 Å². The summed E-state index contributed by atoms with van der Waals surface area (Å²) in [5.41, 5.74) is 10.3. The van der Waals surface area contributed by atoms with Crippen LogP contribution in [0.5, 0.6) is 5.75 Å². The number of carbonyl (C=O) groups excluding carboxylic acids is 1. The molecule has 2 aromatic carbocycles. The van der Waals surface area contributed by atoms with Crippen LogP contribution in [0, 0.1) is 10.8 Å². The molecule has 1 unspecified atom stereocenters. The number of phenols is 1. The van der Waals surface area contributed by atoms with Gasteiger partial charge in [-0.1, -0.05) is 75.7 Å². The predicted octanol–water partition coefficient (Wildman–Crippen LogP) is 5.90. The number of hydrogen-bond acceptors (Lipinski definition) is 2. The van der Waals surface area contributed by atoms with Gasteiger partial charge in [0.25, 0.3) is 0 Å². The molecular formula is C26H31NO2. The summed E-state index contributed by atoms with van der Waals surface area (Å²) in [7, 11) is 0. The van der Waals surface area contributed by atoms with Gasteiger partial charge in [0.15, 0.2) is 0 Å². The molecule has 1 atom stereocenters. The molecule has 1 amide bonds. The van der Waals surface area contributed by atoms with Crippen molar-refractivity contribution in [2.24, 2.45) is 16.6 Å². The molecule has 0 aliphatic heterocycles. The van der Waals surface area contributed by atoms with Gasteiger partial charge in [0.1, 0.15) is 5.75 Å². The Labute approximate surface area is 174 Å². The van der Waals surface area contributed by atoms with E-state index in [9.17, 15) is 9.90 Å². The number of benzene rings is 2. The second-order valence-electron chi connectivity index (χ2n) is 9.65. The topological polar surface area (TPSA) is 63.3 Å². The summed E-state index contributed by atoms with van der Waals surface area (Å²) in [5.74, 6) is 0.151. The van der Waals surface area contributed by atoms with Crippen LogP contribution < -0.4 is 5.73 Å². The molecular weight excluding hydrogens is 358 g/mol. The number of aromatic hydroxyl groups is 1. The van der Waals surface area contributed by atoms with Crippen LogP contribution in [0.1, 0.15) is 63.1 Å². The number of hydrogen-bond donors (Lipinski definition) is 2.